The molecule has 1 amide bonds. The normalized spacial score (nSPS) is 30.3. The Morgan fingerprint density at radius 2 is 2.31 bits per heavy atom. The lowest BCUT2D eigenvalue weighted by Crippen LogP contribution is -2.43. The molecule has 0 spiro atoms. The zero-order valence-electron chi connectivity index (χ0n) is 8.25. The summed E-state index contributed by atoms with van der Waals surface area (Å²) in [7, 11) is 0. The Kier molecular flexibility index (Phi) is 4.06. The van der Waals surface area contributed by atoms with E-state index in [1.54, 1.807) is 0 Å². The van der Waals surface area contributed by atoms with Crippen LogP contribution in [0.3, 0.4) is 0 Å². The topological polar surface area (TPSA) is 55.1 Å². The summed E-state index contributed by atoms with van der Waals surface area (Å²) in [6.07, 6.45) is 5.73. The van der Waals surface area contributed by atoms with Gasteiger partial charge in [-0.15, -0.1) is 0 Å². The molecule has 0 aromatic carbocycles. The molecule has 0 saturated heterocycles. The molecule has 13 heavy (non-hydrogen) atoms. The molecule has 3 nitrogen and oxygen atoms in total. The van der Waals surface area contributed by atoms with Gasteiger partial charge in [-0.2, -0.15) is 11.8 Å². The molecule has 1 rings (SSSR count). The van der Waals surface area contributed by atoms with E-state index >= 15 is 0 Å². The molecule has 1 aliphatic carbocycles. The van der Waals surface area contributed by atoms with Crippen LogP contribution in [0.1, 0.15) is 26.2 Å². The van der Waals surface area contributed by atoms with Crippen molar-refractivity contribution in [3.8, 4) is 0 Å². The lowest BCUT2D eigenvalue weighted by Gasteiger charge is -2.16. The van der Waals surface area contributed by atoms with Crippen molar-refractivity contribution in [1.29, 1.82) is 0 Å². The first kappa shape index (κ1) is 10.9. The third kappa shape index (κ3) is 3.19. The van der Waals surface area contributed by atoms with Crippen molar-refractivity contribution in [2.45, 2.75) is 43.5 Å². The molecule has 0 radical (unpaired) electrons. The second-order valence-electron chi connectivity index (χ2n) is 3.66. The van der Waals surface area contributed by atoms with Gasteiger partial charge in [-0.25, -0.2) is 0 Å². The van der Waals surface area contributed by atoms with Gasteiger partial charge >= 0.3 is 0 Å². The number of hydrogen-bond acceptors (Lipinski definition) is 3. The van der Waals surface area contributed by atoms with E-state index < -0.39 is 0 Å². The summed E-state index contributed by atoms with van der Waals surface area (Å²) < 4.78 is 0. The van der Waals surface area contributed by atoms with Crippen LogP contribution in [0.2, 0.25) is 0 Å². The average Bonchev–Trinajstić information content (AvgIpc) is 2.52. The maximum absolute atomic E-state index is 10.8. The van der Waals surface area contributed by atoms with Gasteiger partial charge in [-0.1, -0.05) is 0 Å². The Bertz CT molecular complexity index is 186. The van der Waals surface area contributed by atoms with Gasteiger partial charge in [0.1, 0.15) is 0 Å². The fourth-order valence-corrected chi connectivity index (χ4v) is 2.54. The van der Waals surface area contributed by atoms with Gasteiger partial charge in [0.15, 0.2) is 0 Å². The van der Waals surface area contributed by atoms with Gasteiger partial charge < -0.3 is 11.1 Å². The van der Waals surface area contributed by atoms with Gasteiger partial charge in [0.25, 0.3) is 0 Å². The highest BCUT2D eigenvalue weighted by Gasteiger charge is 2.25. The minimum Gasteiger partial charge on any atom is -0.368 e. The summed E-state index contributed by atoms with van der Waals surface area (Å²) >= 11 is 1.92. The first-order chi connectivity index (χ1) is 6.13. The van der Waals surface area contributed by atoms with E-state index in [-0.39, 0.29) is 11.9 Å². The SMILES string of the molecule is CSC1CCC(NC(C)C(N)=O)C1. The number of thioether (sulfide) groups is 1. The number of rotatable bonds is 4. The number of primary amides is 1. The molecule has 3 unspecified atom stereocenters. The highest BCUT2D eigenvalue weighted by Crippen LogP contribution is 2.28. The lowest BCUT2D eigenvalue weighted by molar-refractivity contribution is -0.119. The molecule has 76 valence electrons. The van der Waals surface area contributed by atoms with E-state index in [4.69, 9.17) is 5.73 Å². The molecule has 1 aliphatic rings. The Hall–Kier alpha value is -0.220. The fraction of sp³-hybridized carbons (Fsp3) is 0.889. The predicted octanol–water partition coefficient (Wildman–Crippen LogP) is 0.734. The number of nitrogens with one attached hydrogen (secondary N) is 1. The summed E-state index contributed by atoms with van der Waals surface area (Å²) in [4.78, 5) is 10.8. The largest absolute Gasteiger partial charge is 0.368 e. The zero-order chi connectivity index (χ0) is 9.84. The maximum Gasteiger partial charge on any atom is 0.234 e. The van der Waals surface area contributed by atoms with Crippen molar-refractivity contribution in [3.63, 3.8) is 0 Å². The molecule has 3 atom stereocenters. The zero-order valence-corrected chi connectivity index (χ0v) is 9.06. The molecule has 0 aromatic heterocycles. The number of nitrogens with two attached hydrogens (primary N) is 1. The van der Waals surface area contributed by atoms with Crippen LogP contribution in [0, 0.1) is 0 Å². The van der Waals surface area contributed by atoms with Gasteiger partial charge in [-0.3, -0.25) is 4.79 Å². The standard InChI is InChI=1S/C9H18N2OS/c1-6(9(10)12)11-7-3-4-8(5-7)13-2/h6-8,11H,3-5H2,1-2H3,(H2,10,12). The molecule has 1 saturated carbocycles. The Morgan fingerprint density at radius 3 is 2.77 bits per heavy atom. The molecule has 1 fully saturated rings. The first-order valence-electron chi connectivity index (χ1n) is 4.71. The van der Waals surface area contributed by atoms with Crippen LogP contribution in [0.25, 0.3) is 0 Å². The Morgan fingerprint density at radius 1 is 1.62 bits per heavy atom. The van der Waals surface area contributed by atoms with E-state index in [0.717, 1.165) is 5.25 Å². The third-order valence-corrected chi connectivity index (χ3v) is 3.73. The molecule has 4 heteroatoms. The summed E-state index contributed by atoms with van der Waals surface area (Å²) in [5, 5.41) is 4.02. The molecule has 0 aromatic rings. The molecular formula is C9H18N2OS. The van der Waals surface area contributed by atoms with Crippen molar-refractivity contribution in [2.24, 2.45) is 5.73 Å². The van der Waals surface area contributed by atoms with Crippen LogP contribution in [-0.2, 0) is 4.79 Å². The van der Waals surface area contributed by atoms with E-state index in [1.165, 1.54) is 19.3 Å². The van der Waals surface area contributed by atoms with E-state index in [2.05, 4.69) is 11.6 Å². The van der Waals surface area contributed by atoms with Crippen molar-refractivity contribution in [3.05, 3.63) is 0 Å². The van der Waals surface area contributed by atoms with Crippen LogP contribution in [0.4, 0.5) is 0 Å². The van der Waals surface area contributed by atoms with Crippen LogP contribution in [0.5, 0.6) is 0 Å². The van der Waals surface area contributed by atoms with Crippen LogP contribution in [0.15, 0.2) is 0 Å². The Balaban J connectivity index is 2.27. The minimum atomic E-state index is -0.257. The highest BCUT2D eigenvalue weighted by atomic mass is 32.2. The number of carbonyl (C=O) groups excluding carboxylic acids is 1. The van der Waals surface area contributed by atoms with E-state index in [0.29, 0.717) is 6.04 Å². The number of amides is 1. The molecule has 0 bridgehead atoms. The number of carbonyl (C=O) groups is 1. The predicted molar refractivity (Wildman–Crippen MR) is 56.7 cm³/mol. The summed E-state index contributed by atoms with van der Waals surface area (Å²) in [5.74, 6) is -0.257. The monoisotopic (exact) mass is 202 g/mol. The Labute approximate surface area is 83.8 Å². The molecule has 0 aliphatic heterocycles. The maximum atomic E-state index is 10.8. The second kappa shape index (κ2) is 4.86. The third-order valence-electron chi connectivity index (χ3n) is 2.63. The van der Waals surface area contributed by atoms with Crippen LogP contribution in [-0.4, -0.2) is 29.5 Å². The van der Waals surface area contributed by atoms with Crippen molar-refractivity contribution < 1.29 is 4.79 Å². The first-order valence-corrected chi connectivity index (χ1v) is 6.00. The van der Waals surface area contributed by atoms with Gasteiger partial charge in [0.2, 0.25) is 5.91 Å². The lowest BCUT2D eigenvalue weighted by atomic mass is 10.2. The summed E-state index contributed by atoms with van der Waals surface area (Å²) in [6.45, 7) is 1.83. The van der Waals surface area contributed by atoms with Crippen LogP contribution < -0.4 is 11.1 Å². The second-order valence-corrected chi connectivity index (χ2v) is 4.80. The molecule has 0 heterocycles. The molecule has 3 N–H and O–H groups in total. The summed E-state index contributed by atoms with van der Waals surface area (Å²) in [6, 6.07) is 0.297. The van der Waals surface area contributed by atoms with Gasteiger partial charge in [0.05, 0.1) is 6.04 Å². The van der Waals surface area contributed by atoms with Gasteiger partial charge in [0, 0.05) is 11.3 Å². The summed E-state index contributed by atoms with van der Waals surface area (Å²) in [5.41, 5.74) is 5.17. The van der Waals surface area contributed by atoms with Gasteiger partial charge in [-0.05, 0) is 32.4 Å². The smallest absolute Gasteiger partial charge is 0.234 e. The fourth-order valence-electron chi connectivity index (χ4n) is 1.74. The van der Waals surface area contributed by atoms with Crippen molar-refractivity contribution in [1.82, 2.24) is 5.32 Å². The molecular weight excluding hydrogens is 184 g/mol. The number of hydrogen-bond donors (Lipinski definition) is 2. The average molecular weight is 202 g/mol. The van der Waals surface area contributed by atoms with Crippen molar-refractivity contribution in [2.75, 3.05) is 6.26 Å². The van der Waals surface area contributed by atoms with E-state index in [1.807, 2.05) is 18.7 Å². The minimum absolute atomic E-state index is 0.189. The van der Waals surface area contributed by atoms with E-state index in [9.17, 15) is 4.79 Å². The highest BCUT2D eigenvalue weighted by molar-refractivity contribution is 7.99. The van der Waals surface area contributed by atoms with Crippen LogP contribution >= 0.6 is 11.8 Å². The quantitative estimate of drug-likeness (QED) is 0.707. The van der Waals surface area contributed by atoms with Crippen molar-refractivity contribution >= 4 is 17.7 Å².